The smallest absolute Gasteiger partial charge is 0.261 e. The van der Waals surface area contributed by atoms with Gasteiger partial charge in [0.2, 0.25) is 10.0 Å². The molecular formula is C16H23N3O5S2. The molecule has 1 aromatic heterocycles. The van der Waals surface area contributed by atoms with E-state index in [1.165, 1.54) is 22.8 Å². The zero-order valence-corrected chi connectivity index (χ0v) is 16.3. The van der Waals surface area contributed by atoms with E-state index in [4.69, 9.17) is 4.74 Å². The minimum atomic E-state index is -3.68. The molecule has 0 aromatic carbocycles. The van der Waals surface area contributed by atoms with Gasteiger partial charge >= 0.3 is 0 Å². The van der Waals surface area contributed by atoms with Crippen molar-refractivity contribution in [2.24, 2.45) is 0 Å². The van der Waals surface area contributed by atoms with Gasteiger partial charge in [0.25, 0.3) is 11.8 Å². The van der Waals surface area contributed by atoms with Gasteiger partial charge in [-0.2, -0.15) is 4.31 Å². The summed E-state index contributed by atoms with van der Waals surface area (Å²) in [6.45, 7) is 2.08. The van der Waals surface area contributed by atoms with Crippen molar-refractivity contribution in [3.05, 3.63) is 16.3 Å². The van der Waals surface area contributed by atoms with E-state index in [1.54, 1.807) is 4.90 Å². The highest BCUT2D eigenvalue weighted by molar-refractivity contribution is 7.89. The van der Waals surface area contributed by atoms with Crippen molar-refractivity contribution in [3.8, 4) is 0 Å². The summed E-state index contributed by atoms with van der Waals surface area (Å²) in [5, 5.41) is 3.97. The molecule has 26 heavy (non-hydrogen) atoms. The molecule has 2 saturated heterocycles. The van der Waals surface area contributed by atoms with Gasteiger partial charge in [-0.25, -0.2) is 8.42 Å². The minimum absolute atomic E-state index is 0.0424. The van der Waals surface area contributed by atoms with Gasteiger partial charge in [-0.1, -0.05) is 0 Å². The topological polar surface area (TPSA) is 96.0 Å². The molecule has 1 N–H and O–H groups in total. The number of hydrogen-bond donors (Lipinski definition) is 1. The van der Waals surface area contributed by atoms with E-state index in [2.05, 4.69) is 5.32 Å². The third-order valence-corrected chi connectivity index (χ3v) is 7.59. The first-order valence-electron chi connectivity index (χ1n) is 8.64. The normalized spacial score (nSPS) is 22.2. The van der Waals surface area contributed by atoms with Crippen molar-refractivity contribution in [3.63, 3.8) is 0 Å². The fraction of sp³-hybridized carbons (Fsp3) is 0.625. The van der Waals surface area contributed by atoms with Crippen LogP contribution in [-0.2, 0) is 19.6 Å². The largest absolute Gasteiger partial charge is 0.368 e. The standard InChI is InChI=1S/C16H23N3O5S2/c1-17-15(20)14-10-12(11-25-14)26(22,23)19-6-3-5-18(7-8-19)16(21)13-4-2-9-24-13/h10-11,13H,2-9H2,1H3,(H,17,20). The summed E-state index contributed by atoms with van der Waals surface area (Å²) in [6, 6.07) is 1.40. The average molecular weight is 402 g/mol. The third kappa shape index (κ3) is 3.93. The van der Waals surface area contributed by atoms with Gasteiger partial charge in [-0.05, 0) is 25.3 Å². The number of amides is 2. The number of ether oxygens (including phenoxy) is 1. The molecule has 8 nitrogen and oxygen atoms in total. The van der Waals surface area contributed by atoms with Gasteiger partial charge < -0.3 is 15.0 Å². The van der Waals surface area contributed by atoms with Crippen LogP contribution in [0.1, 0.15) is 28.9 Å². The van der Waals surface area contributed by atoms with Crippen molar-refractivity contribution >= 4 is 33.2 Å². The van der Waals surface area contributed by atoms with Crippen molar-refractivity contribution < 1.29 is 22.7 Å². The molecule has 0 bridgehead atoms. The monoisotopic (exact) mass is 401 g/mol. The SMILES string of the molecule is CNC(=O)c1cc(S(=O)(=O)N2CCCN(C(=O)C3CCCO3)CC2)cs1. The van der Waals surface area contributed by atoms with E-state index in [0.29, 0.717) is 37.5 Å². The summed E-state index contributed by atoms with van der Waals surface area (Å²) in [5.41, 5.74) is 0. The lowest BCUT2D eigenvalue weighted by molar-refractivity contribution is -0.140. The lowest BCUT2D eigenvalue weighted by atomic mass is 10.2. The van der Waals surface area contributed by atoms with E-state index in [0.717, 1.165) is 24.2 Å². The fourth-order valence-electron chi connectivity index (χ4n) is 3.18. The first-order valence-corrected chi connectivity index (χ1v) is 11.0. The molecule has 1 atom stereocenters. The molecule has 2 fully saturated rings. The Morgan fingerprint density at radius 3 is 2.73 bits per heavy atom. The lowest BCUT2D eigenvalue weighted by Gasteiger charge is -2.24. The van der Waals surface area contributed by atoms with Crippen LogP contribution in [0.5, 0.6) is 0 Å². The van der Waals surface area contributed by atoms with Crippen molar-refractivity contribution in [1.29, 1.82) is 0 Å². The Labute approximate surface area is 157 Å². The summed E-state index contributed by atoms with van der Waals surface area (Å²) in [5.74, 6) is -0.347. The highest BCUT2D eigenvalue weighted by Gasteiger charge is 2.32. The van der Waals surface area contributed by atoms with Crippen LogP contribution < -0.4 is 5.32 Å². The van der Waals surface area contributed by atoms with Crippen LogP contribution >= 0.6 is 11.3 Å². The molecule has 0 aliphatic carbocycles. The zero-order valence-electron chi connectivity index (χ0n) is 14.6. The number of hydrogen-bond acceptors (Lipinski definition) is 6. The number of rotatable bonds is 4. The number of thiophene rings is 1. The minimum Gasteiger partial charge on any atom is -0.368 e. The second kappa shape index (κ2) is 8.03. The molecule has 0 spiro atoms. The van der Waals surface area contributed by atoms with Gasteiger partial charge in [0, 0.05) is 45.2 Å². The predicted molar refractivity (Wildman–Crippen MR) is 96.6 cm³/mol. The van der Waals surface area contributed by atoms with Crippen LogP contribution in [0.2, 0.25) is 0 Å². The van der Waals surface area contributed by atoms with E-state index >= 15 is 0 Å². The van der Waals surface area contributed by atoms with Crippen molar-refractivity contribution in [1.82, 2.24) is 14.5 Å². The molecular weight excluding hydrogens is 378 g/mol. The molecule has 1 unspecified atom stereocenters. The first kappa shape index (κ1) is 19.3. The summed E-state index contributed by atoms with van der Waals surface area (Å²) in [7, 11) is -2.18. The lowest BCUT2D eigenvalue weighted by Crippen LogP contribution is -2.41. The van der Waals surface area contributed by atoms with Gasteiger partial charge in [0.05, 0.1) is 9.77 Å². The van der Waals surface area contributed by atoms with E-state index < -0.39 is 10.0 Å². The maximum Gasteiger partial charge on any atom is 0.261 e. The maximum absolute atomic E-state index is 12.9. The van der Waals surface area contributed by atoms with Crippen LogP contribution in [0.15, 0.2) is 16.3 Å². The van der Waals surface area contributed by atoms with Gasteiger partial charge in [-0.3, -0.25) is 9.59 Å². The fourth-order valence-corrected chi connectivity index (χ4v) is 5.85. The van der Waals surface area contributed by atoms with Crippen LogP contribution in [0.25, 0.3) is 0 Å². The van der Waals surface area contributed by atoms with Gasteiger partial charge in [0.15, 0.2) is 0 Å². The Bertz CT molecular complexity index is 771. The van der Waals surface area contributed by atoms with Gasteiger partial charge in [-0.15, -0.1) is 11.3 Å². The van der Waals surface area contributed by atoms with Crippen LogP contribution in [0, 0.1) is 0 Å². The average Bonchev–Trinajstić information content (AvgIpc) is 3.28. The van der Waals surface area contributed by atoms with Crippen molar-refractivity contribution in [2.45, 2.75) is 30.3 Å². The molecule has 0 radical (unpaired) electrons. The molecule has 1 aromatic rings. The Morgan fingerprint density at radius 1 is 1.23 bits per heavy atom. The van der Waals surface area contributed by atoms with Crippen LogP contribution in [-0.4, -0.2) is 75.4 Å². The number of carbonyl (C=O) groups excluding carboxylic acids is 2. The Balaban J connectivity index is 1.68. The quantitative estimate of drug-likeness (QED) is 0.793. The Kier molecular flexibility index (Phi) is 5.96. The van der Waals surface area contributed by atoms with Crippen molar-refractivity contribution in [2.75, 3.05) is 39.8 Å². The molecule has 2 amide bonds. The molecule has 10 heteroatoms. The van der Waals surface area contributed by atoms with Gasteiger partial charge in [0.1, 0.15) is 6.10 Å². The Hall–Kier alpha value is -1.49. The van der Waals surface area contributed by atoms with E-state index in [1.807, 2.05) is 0 Å². The highest BCUT2D eigenvalue weighted by Crippen LogP contribution is 2.24. The number of nitrogens with one attached hydrogen (secondary N) is 1. The Morgan fingerprint density at radius 2 is 2.04 bits per heavy atom. The molecule has 3 heterocycles. The molecule has 3 rings (SSSR count). The molecule has 2 aliphatic rings. The molecule has 2 aliphatic heterocycles. The number of carbonyl (C=O) groups is 2. The second-order valence-electron chi connectivity index (χ2n) is 6.31. The summed E-state index contributed by atoms with van der Waals surface area (Å²) in [4.78, 5) is 26.3. The highest BCUT2D eigenvalue weighted by atomic mass is 32.2. The summed E-state index contributed by atoms with van der Waals surface area (Å²) >= 11 is 1.10. The third-order valence-electron chi connectivity index (χ3n) is 4.64. The maximum atomic E-state index is 12.9. The second-order valence-corrected chi connectivity index (χ2v) is 9.16. The first-order chi connectivity index (χ1) is 12.4. The van der Waals surface area contributed by atoms with Crippen LogP contribution in [0.3, 0.4) is 0 Å². The van der Waals surface area contributed by atoms with Crippen LogP contribution in [0.4, 0.5) is 0 Å². The summed E-state index contributed by atoms with van der Waals surface area (Å²) in [6.07, 6.45) is 1.81. The van der Waals surface area contributed by atoms with E-state index in [9.17, 15) is 18.0 Å². The zero-order chi connectivity index (χ0) is 18.7. The molecule has 0 saturated carbocycles. The predicted octanol–water partition coefficient (Wildman–Crippen LogP) is 0.510. The number of sulfonamides is 1. The molecule has 144 valence electrons. The number of nitrogens with zero attached hydrogens (tertiary/aromatic N) is 2. The summed E-state index contributed by atoms with van der Waals surface area (Å²) < 4.78 is 32.6. The van der Waals surface area contributed by atoms with E-state index in [-0.39, 0.29) is 29.4 Å².